The van der Waals surface area contributed by atoms with Crippen LogP contribution < -0.4 is 16.1 Å². The Balaban J connectivity index is 0.00000120. The molecule has 5 rings (SSSR count). The molecule has 0 aromatic carbocycles. The van der Waals surface area contributed by atoms with E-state index in [1.165, 1.54) is 23.4 Å². The highest BCUT2D eigenvalue weighted by atomic mass is 35.5. The summed E-state index contributed by atoms with van der Waals surface area (Å²) in [6, 6.07) is 3.35. The Labute approximate surface area is 181 Å². The second-order valence-corrected chi connectivity index (χ2v) is 7.48. The fourth-order valence-corrected chi connectivity index (χ4v) is 4.53. The molecule has 2 aromatic heterocycles. The van der Waals surface area contributed by atoms with Crippen molar-refractivity contribution in [2.45, 2.75) is 38.1 Å². The van der Waals surface area contributed by atoms with Crippen molar-refractivity contribution in [2.75, 3.05) is 6.54 Å². The number of hydrogen-bond acceptors (Lipinski definition) is 4. The van der Waals surface area contributed by atoms with Crippen molar-refractivity contribution in [3.8, 4) is 0 Å². The summed E-state index contributed by atoms with van der Waals surface area (Å²) >= 11 is 0. The molecule has 8 heteroatoms. The highest BCUT2D eigenvalue weighted by molar-refractivity contribution is 5.85. The van der Waals surface area contributed by atoms with Crippen molar-refractivity contribution >= 4 is 36.6 Å². The largest absolute Gasteiger partial charge is 0.352 e. The molecule has 1 saturated carbocycles. The number of H-pyrrole nitrogens is 1. The van der Waals surface area contributed by atoms with Crippen LogP contribution in [0.1, 0.15) is 48.6 Å². The molecule has 3 aliphatic rings. The first-order valence-electron chi connectivity index (χ1n) is 9.63. The van der Waals surface area contributed by atoms with Crippen molar-refractivity contribution in [3.05, 3.63) is 64.0 Å². The van der Waals surface area contributed by atoms with Crippen LogP contribution in [0.5, 0.6) is 0 Å². The van der Waals surface area contributed by atoms with Gasteiger partial charge in [-0.2, -0.15) is 5.10 Å². The number of nitrogens with one attached hydrogen (secondary N) is 2. The first-order valence-corrected chi connectivity index (χ1v) is 9.63. The number of nitrogens with zero attached hydrogens (tertiary/aromatic N) is 3. The van der Waals surface area contributed by atoms with Gasteiger partial charge in [-0.1, -0.05) is 12.2 Å². The summed E-state index contributed by atoms with van der Waals surface area (Å²) in [5.41, 5.74) is 7.71. The molecule has 0 unspecified atom stereocenters. The van der Waals surface area contributed by atoms with Gasteiger partial charge in [-0.3, -0.25) is 9.98 Å². The van der Waals surface area contributed by atoms with Gasteiger partial charge in [0, 0.05) is 17.2 Å². The third kappa shape index (κ3) is 4.09. The number of fused-ring (bicyclic) bond motifs is 3. The predicted octanol–water partition coefficient (Wildman–Crippen LogP) is 3.14. The van der Waals surface area contributed by atoms with Crippen molar-refractivity contribution in [2.24, 2.45) is 16.0 Å². The highest BCUT2D eigenvalue weighted by Crippen LogP contribution is 2.38. The molecule has 5 nitrogen and oxygen atoms in total. The normalized spacial score (nSPS) is 22.2. The standard InChI is InChI=1S/C21H22FN5.2ClH/c22-15-7-8-18(24-10-15)14-5-3-13(4-6-14)16-2-1-9-23-20-17-11-25-26-12-19(17)27-21(16)20;;/h1-2,7-8,10,12-14,25,27H,3-6,9,11H2;2*1H. The van der Waals surface area contributed by atoms with Crippen LogP contribution in [0.3, 0.4) is 0 Å². The summed E-state index contributed by atoms with van der Waals surface area (Å²) in [5.74, 6) is 0.668. The number of halogens is 3. The Morgan fingerprint density at radius 2 is 1.83 bits per heavy atom. The van der Waals surface area contributed by atoms with Gasteiger partial charge in [0.1, 0.15) is 5.82 Å². The van der Waals surface area contributed by atoms with E-state index in [9.17, 15) is 4.39 Å². The molecule has 0 saturated heterocycles. The predicted molar refractivity (Wildman–Crippen MR) is 117 cm³/mol. The molecular weight excluding hydrogens is 412 g/mol. The van der Waals surface area contributed by atoms with Crippen LogP contribution in [-0.4, -0.2) is 22.7 Å². The molecule has 2 aromatic rings. The quantitative estimate of drug-likeness (QED) is 0.760. The average molecular weight is 436 g/mol. The summed E-state index contributed by atoms with van der Waals surface area (Å²) in [7, 11) is 0. The zero-order chi connectivity index (χ0) is 18.2. The van der Waals surface area contributed by atoms with Crippen molar-refractivity contribution in [1.29, 1.82) is 0 Å². The first-order chi connectivity index (χ1) is 13.3. The summed E-state index contributed by atoms with van der Waals surface area (Å²) in [6.07, 6.45) is 12.0. The highest BCUT2D eigenvalue weighted by Gasteiger charge is 2.26. The van der Waals surface area contributed by atoms with Crippen LogP contribution in [0.2, 0.25) is 0 Å². The van der Waals surface area contributed by atoms with Crippen molar-refractivity contribution < 1.29 is 4.39 Å². The lowest BCUT2D eigenvalue weighted by Gasteiger charge is -2.28. The van der Waals surface area contributed by atoms with E-state index in [1.54, 1.807) is 0 Å². The van der Waals surface area contributed by atoms with E-state index in [2.05, 4.69) is 32.6 Å². The second kappa shape index (κ2) is 9.09. The van der Waals surface area contributed by atoms with Crippen LogP contribution >= 0.6 is 24.8 Å². The lowest BCUT2D eigenvalue weighted by atomic mass is 9.77. The average Bonchev–Trinajstić information content (AvgIpc) is 2.94. The molecule has 2 N–H and O–H groups in total. The topological polar surface area (TPSA) is 65.4 Å². The smallest absolute Gasteiger partial charge is 0.141 e. The minimum Gasteiger partial charge on any atom is -0.352 e. The number of hydrogen-bond donors (Lipinski definition) is 2. The number of aromatic amines is 1. The molecule has 154 valence electrons. The Hall–Kier alpha value is -2.18. The van der Waals surface area contributed by atoms with E-state index < -0.39 is 0 Å². The van der Waals surface area contributed by atoms with Gasteiger partial charge >= 0.3 is 0 Å². The number of hydrazone groups is 1. The van der Waals surface area contributed by atoms with Crippen LogP contribution in [0.15, 0.2) is 40.6 Å². The maximum absolute atomic E-state index is 13.1. The lowest BCUT2D eigenvalue weighted by molar-refractivity contribution is 0.378. The van der Waals surface area contributed by atoms with Gasteiger partial charge in [-0.05, 0) is 49.3 Å². The maximum Gasteiger partial charge on any atom is 0.141 e. The minimum absolute atomic E-state index is 0. The molecule has 2 aliphatic heterocycles. The van der Waals surface area contributed by atoms with E-state index in [-0.39, 0.29) is 30.6 Å². The minimum atomic E-state index is -0.267. The molecule has 0 bridgehead atoms. The van der Waals surface area contributed by atoms with Gasteiger partial charge in [-0.15, -0.1) is 24.8 Å². The number of allylic oxidation sites excluding steroid dienone is 1. The molecule has 0 radical (unpaired) electrons. The summed E-state index contributed by atoms with van der Waals surface area (Å²) in [4.78, 5) is 12.7. The van der Waals surface area contributed by atoms with E-state index in [0.29, 0.717) is 18.4 Å². The van der Waals surface area contributed by atoms with E-state index >= 15 is 0 Å². The fourth-order valence-electron chi connectivity index (χ4n) is 4.53. The first kappa shape index (κ1) is 21.5. The Bertz CT molecular complexity index is 1030. The zero-order valence-corrected chi connectivity index (χ0v) is 17.5. The van der Waals surface area contributed by atoms with E-state index in [1.807, 2.05) is 12.3 Å². The van der Waals surface area contributed by atoms with Gasteiger partial charge < -0.3 is 10.4 Å². The van der Waals surface area contributed by atoms with Gasteiger partial charge in [0.05, 0.1) is 41.9 Å². The third-order valence-electron chi connectivity index (χ3n) is 5.92. The number of pyridine rings is 1. The van der Waals surface area contributed by atoms with Crippen LogP contribution in [0.25, 0.3) is 5.57 Å². The number of rotatable bonds is 2. The molecule has 0 amide bonds. The fraction of sp³-hybridized carbons (Fsp3) is 0.381. The van der Waals surface area contributed by atoms with Crippen LogP contribution in [0.4, 0.5) is 4.39 Å². The Morgan fingerprint density at radius 1 is 1.03 bits per heavy atom. The molecule has 1 fully saturated rings. The molecule has 0 atom stereocenters. The molecular formula is C21H24Cl2FN5. The van der Waals surface area contributed by atoms with Crippen LogP contribution in [0, 0.1) is 11.7 Å². The number of aromatic nitrogens is 2. The Kier molecular flexibility index (Phi) is 6.75. The van der Waals surface area contributed by atoms with E-state index in [4.69, 9.17) is 4.99 Å². The SMILES string of the molecule is Cl.Cl.Fc1ccc(C2CCC(C3=c4[nH]c5c(c4=NCC=C3)CNN=C5)CC2)nc1. The Morgan fingerprint density at radius 3 is 2.59 bits per heavy atom. The van der Waals surface area contributed by atoms with Gasteiger partial charge in [0.2, 0.25) is 0 Å². The third-order valence-corrected chi connectivity index (χ3v) is 5.92. The van der Waals surface area contributed by atoms with Crippen molar-refractivity contribution in [3.63, 3.8) is 0 Å². The summed E-state index contributed by atoms with van der Waals surface area (Å²) in [6.45, 7) is 1.43. The second-order valence-electron chi connectivity index (χ2n) is 7.48. The zero-order valence-electron chi connectivity index (χ0n) is 15.9. The van der Waals surface area contributed by atoms with Gasteiger partial charge in [0.25, 0.3) is 0 Å². The summed E-state index contributed by atoms with van der Waals surface area (Å²) in [5, 5.41) is 6.41. The molecule has 1 aliphatic carbocycles. The lowest BCUT2D eigenvalue weighted by Crippen LogP contribution is -2.31. The van der Waals surface area contributed by atoms with Crippen LogP contribution in [-0.2, 0) is 6.54 Å². The van der Waals surface area contributed by atoms with Crippen molar-refractivity contribution in [1.82, 2.24) is 15.4 Å². The molecule has 4 heterocycles. The van der Waals surface area contributed by atoms with Gasteiger partial charge in [-0.25, -0.2) is 4.39 Å². The van der Waals surface area contributed by atoms with Gasteiger partial charge in [0.15, 0.2) is 0 Å². The monoisotopic (exact) mass is 435 g/mol. The summed E-state index contributed by atoms with van der Waals surface area (Å²) < 4.78 is 13.1. The van der Waals surface area contributed by atoms with E-state index in [0.717, 1.165) is 54.3 Å². The molecule has 29 heavy (non-hydrogen) atoms. The maximum atomic E-state index is 13.1. The molecule has 0 spiro atoms.